The predicted molar refractivity (Wildman–Crippen MR) is 169 cm³/mol. The first-order valence-corrected chi connectivity index (χ1v) is 16.0. The van der Waals surface area contributed by atoms with Gasteiger partial charge in [0.05, 0.1) is 30.8 Å². The van der Waals surface area contributed by atoms with Crippen molar-refractivity contribution in [1.29, 1.82) is 0 Å². The molecule has 2 heterocycles. The molecule has 2 aliphatic carbocycles. The third kappa shape index (κ3) is 5.21. The minimum atomic E-state index is -0.765. The number of phenols is 3. The van der Waals surface area contributed by atoms with Crippen molar-refractivity contribution in [2.75, 3.05) is 20.2 Å². The number of benzene rings is 3. The Hall–Kier alpha value is -5.12. The molecule has 0 spiro atoms. The van der Waals surface area contributed by atoms with Gasteiger partial charge in [-0.05, 0) is 73.1 Å². The van der Waals surface area contributed by atoms with Crippen molar-refractivity contribution in [3.8, 4) is 23.0 Å². The van der Waals surface area contributed by atoms with Crippen LogP contribution in [0.15, 0.2) is 78.4 Å². The molecule has 0 radical (unpaired) electrons. The number of methoxy groups -OCH3 is 1. The molecule has 47 heavy (non-hydrogen) atoms. The van der Waals surface area contributed by atoms with E-state index in [0.717, 1.165) is 16.7 Å². The molecule has 0 aromatic heterocycles. The first-order valence-electron chi connectivity index (χ1n) is 16.0. The van der Waals surface area contributed by atoms with Crippen molar-refractivity contribution in [1.82, 2.24) is 9.80 Å². The van der Waals surface area contributed by atoms with Crippen LogP contribution in [-0.4, -0.2) is 68.9 Å². The summed E-state index contributed by atoms with van der Waals surface area (Å²) in [6.45, 7) is 0.365. The maximum absolute atomic E-state index is 14.1. The van der Waals surface area contributed by atoms with Crippen molar-refractivity contribution >= 4 is 23.6 Å². The van der Waals surface area contributed by atoms with Crippen LogP contribution in [0, 0.1) is 29.6 Å². The Morgan fingerprint density at radius 1 is 0.681 bits per heavy atom. The summed E-state index contributed by atoms with van der Waals surface area (Å²) in [5, 5.41) is 30.5. The molecule has 7 rings (SSSR count). The third-order valence-corrected chi connectivity index (χ3v) is 10.5. The standard InChI is InChI=1S/C37H36N2O8/c1-47-24-10-11-26(30(42)18-24)31-25-12-13-27-32(36(45)38(34(27)43)16-14-20-2-6-22(40)7-3-20)28(25)19-29-33(31)37(46)39(35(29)44)17-15-21-4-8-23(41)9-5-21/h2-12,18,27-29,31-33,40-42H,13-17,19H2,1H3/t27-,28+,29+,31+,32-,33+/m0/s1. The lowest BCUT2D eigenvalue weighted by molar-refractivity contribution is -0.142. The van der Waals surface area contributed by atoms with E-state index in [1.165, 1.54) is 23.0 Å². The number of hydrogen-bond acceptors (Lipinski definition) is 8. The zero-order chi connectivity index (χ0) is 33.0. The monoisotopic (exact) mass is 636 g/mol. The van der Waals surface area contributed by atoms with Crippen molar-refractivity contribution in [2.24, 2.45) is 29.6 Å². The zero-order valence-corrected chi connectivity index (χ0v) is 25.9. The quantitative estimate of drug-likeness (QED) is 0.249. The fourth-order valence-corrected chi connectivity index (χ4v) is 8.23. The average molecular weight is 637 g/mol. The largest absolute Gasteiger partial charge is 0.508 e. The molecule has 242 valence electrons. The molecule has 3 fully saturated rings. The zero-order valence-electron chi connectivity index (χ0n) is 25.9. The first kappa shape index (κ1) is 30.5. The van der Waals surface area contributed by atoms with Crippen LogP contribution in [0.4, 0.5) is 0 Å². The summed E-state index contributed by atoms with van der Waals surface area (Å²) in [5.41, 5.74) is 3.05. The number of carbonyl (C=O) groups is 4. The van der Waals surface area contributed by atoms with Gasteiger partial charge in [-0.1, -0.05) is 42.0 Å². The van der Waals surface area contributed by atoms with E-state index in [1.54, 1.807) is 60.7 Å². The second-order valence-electron chi connectivity index (χ2n) is 12.9. The third-order valence-electron chi connectivity index (χ3n) is 10.5. The number of aromatic hydroxyl groups is 3. The van der Waals surface area contributed by atoms with E-state index in [-0.39, 0.29) is 60.4 Å². The van der Waals surface area contributed by atoms with Crippen LogP contribution in [0.5, 0.6) is 23.0 Å². The van der Waals surface area contributed by atoms with Gasteiger partial charge in [-0.3, -0.25) is 29.0 Å². The summed E-state index contributed by atoms with van der Waals surface area (Å²) in [7, 11) is 1.49. The van der Waals surface area contributed by atoms with E-state index in [2.05, 4.69) is 0 Å². The number of fused-ring (bicyclic) bond motifs is 4. The second-order valence-corrected chi connectivity index (χ2v) is 12.9. The van der Waals surface area contributed by atoms with Crippen LogP contribution >= 0.6 is 0 Å². The van der Waals surface area contributed by atoms with Gasteiger partial charge < -0.3 is 20.1 Å². The number of likely N-dealkylation sites (tertiary alicyclic amines) is 2. The number of phenolic OH excluding ortho intramolecular Hbond substituents is 3. The molecule has 10 heteroatoms. The molecule has 4 aliphatic rings. The highest BCUT2D eigenvalue weighted by molar-refractivity contribution is 6.08. The van der Waals surface area contributed by atoms with E-state index in [4.69, 9.17) is 4.74 Å². The summed E-state index contributed by atoms with van der Waals surface area (Å²) in [4.78, 5) is 58.5. The highest BCUT2D eigenvalue weighted by Gasteiger charge is 2.62. The summed E-state index contributed by atoms with van der Waals surface area (Å²) < 4.78 is 5.30. The molecular weight excluding hydrogens is 600 g/mol. The molecular formula is C37H36N2O8. The number of rotatable bonds is 8. The molecule has 1 saturated carbocycles. The SMILES string of the molecule is COc1ccc([C@H]2C3=CC[C@@H]4C(=O)N(CCc5ccc(O)cc5)C(=O)[C@@H]4[C@@H]3C[C@H]3C(=O)N(CCc4ccc(O)cc4)C(=O)[C@@H]23)c(O)c1. The van der Waals surface area contributed by atoms with Crippen molar-refractivity contribution in [2.45, 2.75) is 31.6 Å². The lowest BCUT2D eigenvalue weighted by Crippen LogP contribution is -2.43. The van der Waals surface area contributed by atoms with E-state index in [9.17, 15) is 34.5 Å². The van der Waals surface area contributed by atoms with Crippen molar-refractivity contribution < 1.29 is 39.2 Å². The molecule has 6 atom stereocenters. The van der Waals surface area contributed by atoms with Gasteiger partial charge in [0.2, 0.25) is 23.6 Å². The van der Waals surface area contributed by atoms with Gasteiger partial charge in [0.1, 0.15) is 23.0 Å². The molecule has 2 aliphatic heterocycles. The van der Waals surface area contributed by atoms with Gasteiger partial charge in [0.15, 0.2) is 0 Å². The Balaban J connectivity index is 1.21. The molecule has 3 aromatic rings. The summed E-state index contributed by atoms with van der Waals surface area (Å²) in [6.07, 6.45) is 3.40. The van der Waals surface area contributed by atoms with Crippen LogP contribution in [-0.2, 0) is 32.0 Å². The molecule has 2 saturated heterocycles. The molecule has 3 N–H and O–H groups in total. The van der Waals surface area contributed by atoms with Crippen LogP contribution in [0.25, 0.3) is 0 Å². The summed E-state index contributed by atoms with van der Waals surface area (Å²) in [6, 6.07) is 18.2. The van der Waals surface area contributed by atoms with Gasteiger partial charge >= 0.3 is 0 Å². The second kappa shape index (κ2) is 11.9. The smallest absolute Gasteiger partial charge is 0.234 e. The number of amides is 4. The van der Waals surface area contributed by atoms with Gasteiger partial charge in [0.25, 0.3) is 0 Å². The Bertz CT molecular complexity index is 1780. The fraction of sp³-hybridized carbons (Fsp3) is 0.351. The Morgan fingerprint density at radius 3 is 1.79 bits per heavy atom. The predicted octanol–water partition coefficient (Wildman–Crippen LogP) is 3.93. The number of nitrogens with zero attached hydrogens (tertiary/aromatic N) is 2. The Kier molecular flexibility index (Phi) is 7.74. The average Bonchev–Trinajstić information content (AvgIpc) is 3.46. The maximum atomic E-state index is 14.1. The highest BCUT2D eigenvalue weighted by Crippen LogP contribution is 2.59. The lowest BCUT2D eigenvalue weighted by Gasteiger charge is -2.44. The van der Waals surface area contributed by atoms with Crippen LogP contribution < -0.4 is 4.74 Å². The Morgan fingerprint density at radius 2 is 1.23 bits per heavy atom. The van der Waals surface area contributed by atoms with Crippen molar-refractivity contribution in [3.63, 3.8) is 0 Å². The normalized spacial score (nSPS) is 26.6. The fourth-order valence-electron chi connectivity index (χ4n) is 8.23. The van der Waals surface area contributed by atoms with E-state index in [1.807, 2.05) is 6.08 Å². The summed E-state index contributed by atoms with van der Waals surface area (Å²) >= 11 is 0. The lowest BCUT2D eigenvalue weighted by atomic mass is 9.57. The topological polar surface area (TPSA) is 145 Å². The number of hydrogen-bond donors (Lipinski definition) is 3. The van der Waals surface area contributed by atoms with E-state index in [0.29, 0.717) is 30.6 Å². The van der Waals surface area contributed by atoms with Crippen LogP contribution in [0.3, 0.4) is 0 Å². The number of ether oxygens (including phenoxy) is 1. The number of imide groups is 2. The number of allylic oxidation sites excluding steroid dienone is 2. The van der Waals surface area contributed by atoms with E-state index >= 15 is 0 Å². The van der Waals surface area contributed by atoms with Gasteiger partial charge in [0, 0.05) is 30.6 Å². The van der Waals surface area contributed by atoms with Gasteiger partial charge in [-0.25, -0.2) is 0 Å². The maximum Gasteiger partial charge on any atom is 0.234 e. The van der Waals surface area contributed by atoms with Crippen molar-refractivity contribution in [3.05, 3.63) is 95.1 Å². The van der Waals surface area contributed by atoms with Crippen LogP contribution in [0.2, 0.25) is 0 Å². The molecule has 0 bridgehead atoms. The number of carbonyl (C=O) groups excluding carboxylic acids is 4. The minimum Gasteiger partial charge on any atom is -0.508 e. The van der Waals surface area contributed by atoms with Crippen LogP contribution in [0.1, 0.15) is 35.4 Å². The van der Waals surface area contributed by atoms with Gasteiger partial charge in [-0.2, -0.15) is 0 Å². The molecule has 0 unspecified atom stereocenters. The Labute approximate surface area is 271 Å². The van der Waals surface area contributed by atoms with E-state index < -0.39 is 35.5 Å². The first-order chi connectivity index (χ1) is 22.7. The highest BCUT2D eigenvalue weighted by atomic mass is 16.5. The summed E-state index contributed by atoms with van der Waals surface area (Å²) in [5.74, 6) is -4.30. The molecule has 4 amide bonds. The minimum absolute atomic E-state index is 0.0658. The molecule has 3 aromatic carbocycles. The van der Waals surface area contributed by atoms with Gasteiger partial charge in [-0.15, -0.1) is 0 Å². The molecule has 10 nitrogen and oxygen atoms in total.